The minimum absolute atomic E-state index is 0.0341. The van der Waals surface area contributed by atoms with E-state index in [1.165, 1.54) is 33.8 Å². The molecule has 0 bridgehead atoms. The highest BCUT2D eigenvalue weighted by atomic mass is 32.2. The quantitative estimate of drug-likeness (QED) is 0.0709. The van der Waals surface area contributed by atoms with Crippen molar-refractivity contribution in [1.29, 1.82) is 0 Å². The number of thioether (sulfide) groups is 1. The van der Waals surface area contributed by atoms with Gasteiger partial charge in [-0.25, -0.2) is 4.68 Å². The first-order valence-electron chi connectivity index (χ1n) is 16.5. The summed E-state index contributed by atoms with van der Waals surface area (Å²) in [7, 11) is 1.58. The van der Waals surface area contributed by atoms with E-state index in [2.05, 4.69) is 20.8 Å². The summed E-state index contributed by atoms with van der Waals surface area (Å²) in [6.45, 7) is 5.74. The maximum absolute atomic E-state index is 13.9. The van der Waals surface area contributed by atoms with Gasteiger partial charge in [-0.1, -0.05) is 54.6 Å². The van der Waals surface area contributed by atoms with Crippen LogP contribution in [0.4, 0.5) is 16.2 Å². The van der Waals surface area contributed by atoms with Crippen LogP contribution in [0.25, 0.3) is 10.8 Å². The molecule has 0 aliphatic heterocycles. The van der Waals surface area contributed by atoms with E-state index in [0.29, 0.717) is 34.3 Å². The maximum atomic E-state index is 13.9. The van der Waals surface area contributed by atoms with Crippen LogP contribution in [0.3, 0.4) is 0 Å². The van der Waals surface area contributed by atoms with Crippen molar-refractivity contribution >= 4 is 45.1 Å². The number of rotatable bonds is 12. The highest BCUT2D eigenvalue weighted by Gasteiger charge is 2.26. The Morgan fingerprint density at radius 3 is 2.40 bits per heavy atom. The summed E-state index contributed by atoms with van der Waals surface area (Å²) in [5.41, 5.74) is 2.41. The number of benzene rings is 5. The molecule has 0 aliphatic rings. The summed E-state index contributed by atoms with van der Waals surface area (Å²) < 4.78 is 13.2. The van der Waals surface area contributed by atoms with Crippen LogP contribution in [0.1, 0.15) is 40.9 Å². The van der Waals surface area contributed by atoms with Crippen molar-refractivity contribution < 1.29 is 29.1 Å². The van der Waals surface area contributed by atoms with E-state index in [4.69, 9.17) is 9.47 Å². The lowest BCUT2D eigenvalue weighted by atomic mass is 10.0. The van der Waals surface area contributed by atoms with Crippen molar-refractivity contribution in [3.05, 3.63) is 129 Å². The number of methoxy groups -OCH3 is 1. The van der Waals surface area contributed by atoms with E-state index in [0.717, 1.165) is 22.9 Å². The molecular weight excluding hydrogens is 699 g/mol. The van der Waals surface area contributed by atoms with E-state index < -0.39 is 16.1 Å². The number of hydrogen-bond donors (Lipinski definition) is 2. The van der Waals surface area contributed by atoms with Crippen LogP contribution in [-0.4, -0.2) is 59.4 Å². The van der Waals surface area contributed by atoms with Crippen LogP contribution in [0.5, 0.6) is 23.0 Å². The predicted octanol–water partition coefficient (Wildman–Crippen LogP) is 7.97. The number of carbonyl (C=O) groups excluding carboxylic acids is 2. The van der Waals surface area contributed by atoms with E-state index in [-0.39, 0.29) is 46.2 Å². The SMILES string of the molecule is COc1ccc(Cn2nnnc2SC(=O)N(Cc2cc([N+](=O)[O-])ccc2Oc2cc(C(=O)Nc3ccccc3C)c(O)c3ccccc23)C(C)C)cc1. The molecule has 5 aromatic carbocycles. The minimum atomic E-state index is -0.556. The molecule has 0 fully saturated rings. The number of tetrazole rings is 1. The van der Waals surface area contributed by atoms with Gasteiger partial charge in [0.05, 0.1) is 30.7 Å². The molecule has 53 heavy (non-hydrogen) atoms. The number of phenols is 1. The lowest BCUT2D eigenvalue weighted by molar-refractivity contribution is -0.384. The Balaban J connectivity index is 1.31. The number of aromatic nitrogens is 4. The summed E-state index contributed by atoms with van der Waals surface area (Å²) in [6, 6.07) is 26.7. The third-order valence-corrected chi connectivity index (χ3v) is 9.34. The van der Waals surface area contributed by atoms with Crippen LogP contribution in [0.15, 0.2) is 102 Å². The first-order valence-corrected chi connectivity index (χ1v) is 17.3. The molecule has 0 spiro atoms. The van der Waals surface area contributed by atoms with Crippen molar-refractivity contribution in [2.24, 2.45) is 0 Å². The van der Waals surface area contributed by atoms with Gasteiger partial charge in [-0.05, 0) is 72.7 Å². The highest BCUT2D eigenvalue weighted by Crippen LogP contribution is 2.40. The zero-order chi connectivity index (χ0) is 37.6. The van der Waals surface area contributed by atoms with Crippen molar-refractivity contribution in [3.8, 4) is 23.0 Å². The van der Waals surface area contributed by atoms with Crippen molar-refractivity contribution in [3.63, 3.8) is 0 Å². The Labute approximate surface area is 308 Å². The molecule has 0 aliphatic carbocycles. The summed E-state index contributed by atoms with van der Waals surface area (Å²) in [4.78, 5) is 40.3. The Bertz CT molecular complexity index is 2310. The van der Waals surface area contributed by atoms with Gasteiger partial charge in [0.2, 0.25) is 5.16 Å². The van der Waals surface area contributed by atoms with Gasteiger partial charge in [0.1, 0.15) is 23.0 Å². The number of nitrogens with one attached hydrogen (secondary N) is 1. The molecule has 6 aromatic rings. The van der Waals surface area contributed by atoms with Gasteiger partial charge in [-0.3, -0.25) is 19.7 Å². The Morgan fingerprint density at radius 1 is 0.981 bits per heavy atom. The molecule has 2 amide bonds. The number of anilines is 1. The fourth-order valence-corrected chi connectivity index (χ4v) is 6.39. The highest BCUT2D eigenvalue weighted by molar-refractivity contribution is 8.13. The fourth-order valence-electron chi connectivity index (χ4n) is 5.56. The molecule has 1 heterocycles. The van der Waals surface area contributed by atoms with Gasteiger partial charge < -0.3 is 24.8 Å². The molecule has 14 nitrogen and oxygen atoms in total. The molecule has 270 valence electrons. The van der Waals surface area contributed by atoms with E-state index in [1.54, 1.807) is 43.5 Å². The van der Waals surface area contributed by atoms with Crippen LogP contribution >= 0.6 is 11.8 Å². The summed E-state index contributed by atoms with van der Waals surface area (Å²) >= 11 is 0.832. The molecule has 0 atom stereocenters. The number of ether oxygens (including phenoxy) is 2. The lowest BCUT2D eigenvalue weighted by Crippen LogP contribution is -2.34. The van der Waals surface area contributed by atoms with Gasteiger partial charge >= 0.3 is 0 Å². The predicted molar refractivity (Wildman–Crippen MR) is 200 cm³/mol. The van der Waals surface area contributed by atoms with E-state index >= 15 is 0 Å². The largest absolute Gasteiger partial charge is 0.506 e. The molecule has 1 aromatic heterocycles. The Hall–Kier alpha value is -6.48. The zero-order valence-corrected chi connectivity index (χ0v) is 30.0. The molecule has 6 rings (SSSR count). The van der Waals surface area contributed by atoms with Gasteiger partial charge in [0.15, 0.2) is 0 Å². The summed E-state index contributed by atoms with van der Waals surface area (Å²) in [5.74, 6) is 0.350. The second-order valence-corrected chi connectivity index (χ2v) is 13.2. The number of carbonyl (C=O) groups is 2. The van der Waals surface area contributed by atoms with Crippen molar-refractivity contribution in [1.82, 2.24) is 25.1 Å². The molecule has 15 heteroatoms. The number of nitrogens with zero attached hydrogens (tertiary/aromatic N) is 6. The van der Waals surface area contributed by atoms with Crippen LogP contribution in [0, 0.1) is 17.0 Å². The Kier molecular flexibility index (Phi) is 10.8. The third-order valence-electron chi connectivity index (χ3n) is 8.46. The number of nitro groups is 1. The number of fused-ring (bicyclic) bond motifs is 1. The topological polar surface area (TPSA) is 175 Å². The number of amides is 2. The maximum Gasteiger partial charge on any atom is 0.290 e. The molecule has 0 saturated heterocycles. The van der Waals surface area contributed by atoms with Crippen molar-refractivity contribution in [2.75, 3.05) is 12.4 Å². The number of hydrogen-bond acceptors (Lipinski definition) is 11. The number of aryl methyl sites for hydroxylation is 1. The molecule has 0 radical (unpaired) electrons. The first-order chi connectivity index (χ1) is 25.5. The number of aromatic hydroxyl groups is 1. The standard InChI is InChI=1S/C38H35N7O7S/c1-23(2)43(38(48)53-37-40-41-42-44(37)21-25-13-16-28(51-4)17-14-25)22-26-19-27(45(49)50)15-18-33(26)52-34-20-31(35(46)30-11-7-6-10-29(30)34)36(47)39-32-12-8-5-9-24(32)3/h5-20,23,46H,21-22H2,1-4H3,(H,39,47). The van der Waals surface area contributed by atoms with Gasteiger partial charge in [0.25, 0.3) is 16.8 Å². The normalized spacial score (nSPS) is 11.0. The average molecular weight is 734 g/mol. The number of para-hydroxylation sites is 1. The van der Waals surface area contributed by atoms with Crippen LogP contribution < -0.4 is 14.8 Å². The monoisotopic (exact) mass is 733 g/mol. The molecular formula is C38H35N7O7S. The van der Waals surface area contributed by atoms with E-state index in [9.17, 15) is 24.8 Å². The molecule has 0 saturated carbocycles. The number of nitro benzene ring substituents is 1. The fraction of sp³-hybridized carbons (Fsp3) is 0.184. The summed E-state index contributed by atoms with van der Waals surface area (Å²) in [5, 5.41) is 38.6. The summed E-state index contributed by atoms with van der Waals surface area (Å²) in [6.07, 6.45) is 0. The van der Waals surface area contributed by atoms with E-state index in [1.807, 2.05) is 57.2 Å². The van der Waals surface area contributed by atoms with Crippen molar-refractivity contribution in [2.45, 2.75) is 45.1 Å². The molecule has 0 unspecified atom stereocenters. The average Bonchev–Trinajstić information content (AvgIpc) is 3.58. The third kappa shape index (κ3) is 8.20. The smallest absolute Gasteiger partial charge is 0.290 e. The molecule has 2 N–H and O–H groups in total. The van der Waals surface area contributed by atoms with Crippen LogP contribution in [0.2, 0.25) is 0 Å². The number of non-ortho nitro benzene ring substituents is 1. The lowest BCUT2D eigenvalue weighted by Gasteiger charge is -2.27. The first kappa shape index (κ1) is 36.3. The Morgan fingerprint density at radius 2 is 1.70 bits per heavy atom. The second-order valence-electron chi connectivity index (χ2n) is 12.3. The zero-order valence-electron chi connectivity index (χ0n) is 29.2. The van der Waals surface area contributed by atoms with Crippen LogP contribution in [-0.2, 0) is 13.1 Å². The second kappa shape index (κ2) is 15.8. The van der Waals surface area contributed by atoms with Gasteiger partial charge in [0, 0.05) is 52.0 Å². The van der Waals surface area contributed by atoms with Gasteiger partial charge in [-0.2, -0.15) is 0 Å². The van der Waals surface area contributed by atoms with Gasteiger partial charge in [-0.15, -0.1) is 5.10 Å². The number of phenolic OH excluding ortho intramolecular Hbond substituents is 1. The minimum Gasteiger partial charge on any atom is -0.506 e.